The molecule has 5 heteroatoms. The molecule has 0 spiro atoms. The number of esters is 1. The Labute approximate surface area is 132 Å². The van der Waals surface area contributed by atoms with Crippen LogP contribution in [0.4, 0.5) is 0 Å². The molecule has 1 aliphatic heterocycles. The molecule has 0 aromatic heterocycles. The van der Waals surface area contributed by atoms with Gasteiger partial charge in [-0.3, -0.25) is 9.59 Å². The van der Waals surface area contributed by atoms with Crippen LogP contribution < -0.4 is 0 Å². The highest BCUT2D eigenvalue weighted by Gasteiger charge is 2.46. The fourth-order valence-corrected chi connectivity index (χ4v) is 4.01. The lowest BCUT2D eigenvalue weighted by Crippen LogP contribution is -2.50. The number of cyclic esters (lactones) is 1. The minimum atomic E-state index is -0.980. The first-order valence-corrected chi connectivity index (χ1v) is 8.38. The molecule has 1 saturated heterocycles. The van der Waals surface area contributed by atoms with Crippen molar-refractivity contribution in [3.63, 3.8) is 0 Å². The maximum Gasteiger partial charge on any atom is 0.311 e. The summed E-state index contributed by atoms with van der Waals surface area (Å²) < 4.78 is 5.47. The standard InChI is InChI=1S/C17H28O5/c1-5-13-9(3)15(19)11-6-8(2)14(18)12(7-11)16(20)10(4)17(21)22-13/h8-14,16,18,20H,5-7H2,1-4H3/t8-,9?,10?,11?,12?,13?,14-,16+/m0/s1. The second-order valence-electron chi connectivity index (χ2n) is 7.15. The number of carbonyl (C=O) groups is 2. The van der Waals surface area contributed by atoms with Crippen LogP contribution in [0.15, 0.2) is 0 Å². The van der Waals surface area contributed by atoms with Gasteiger partial charge in [-0.15, -0.1) is 0 Å². The van der Waals surface area contributed by atoms with E-state index in [9.17, 15) is 19.8 Å². The van der Waals surface area contributed by atoms with Gasteiger partial charge in [-0.25, -0.2) is 0 Å². The fourth-order valence-electron chi connectivity index (χ4n) is 4.01. The molecular weight excluding hydrogens is 284 g/mol. The molecule has 2 fully saturated rings. The second kappa shape index (κ2) is 6.67. The number of Topliss-reactive ketones (excluding diaryl/α,β-unsaturated/α-hetero) is 1. The van der Waals surface area contributed by atoms with Crippen molar-refractivity contribution in [2.24, 2.45) is 29.6 Å². The van der Waals surface area contributed by atoms with Crippen LogP contribution in [0.25, 0.3) is 0 Å². The van der Waals surface area contributed by atoms with Crippen LogP contribution in [0.5, 0.6) is 0 Å². The zero-order chi connectivity index (χ0) is 16.6. The van der Waals surface area contributed by atoms with Gasteiger partial charge in [0.05, 0.1) is 24.0 Å². The predicted molar refractivity (Wildman–Crippen MR) is 80.9 cm³/mol. The summed E-state index contributed by atoms with van der Waals surface area (Å²) in [5, 5.41) is 20.9. The number of rotatable bonds is 1. The molecule has 2 rings (SSSR count). The lowest BCUT2D eigenvalue weighted by atomic mass is 9.67. The van der Waals surface area contributed by atoms with Crippen molar-refractivity contribution in [3.05, 3.63) is 0 Å². The Hall–Kier alpha value is -0.940. The highest BCUT2D eigenvalue weighted by Crippen LogP contribution is 2.40. The van der Waals surface area contributed by atoms with Gasteiger partial charge in [0, 0.05) is 11.8 Å². The highest BCUT2D eigenvalue weighted by atomic mass is 16.5. The van der Waals surface area contributed by atoms with Crippen LogP contribution in [-0.2, 0) is 14.3 Å². The van der Waals surface area contributed by atoms with E-state index >= 15 is 0 Å². The van der Waals surface area contributed by atoms with E-state index in [0.717, 1.165) is 0 Å². The smallest absolute Gasteiger partial charge is 0.311 e. The lowest BCUT2D eigenvalue weighted by molar-refractivity contribution is -0.169. The topological polar surface area (TPSA) is 83.8 Å². The van der Waals surface area contributed by atoms with Gasteiger partial charge < -0.3 is 14.9 Å². The fraction of sp³-hybridized carbons (Fsp3) is 0.882. The number of aliphatic hydroxyl groups excluding tert-OH is 2. The first-order chi connectivity index (χ1) is 10.3. The number of hydrogen-bond donors (Lipinski definition) is 2. The van der Waals surface area contributed by atoms with Gasteiger partial charge in [-0.1, -0.05) is 20.8 Å². The van der Waals surface area contributed by atoms with Crippen molar-refractivity contribution >= 4 is 11.8 Å². The van der Waals surface area contributed by atoms with Crippen molar-refractivity contribution < 1.29 is 24.5 Å². The molecule has 1 aliphatic carbocycles. The molecular formula is C17H28O5. The molecule has 126 valence electrons. The number of ether oxygens (including phenoxy) is 1. The lowest BCUT2D eigenvalue weighted by Gasteiger charge is -2.42. The molecule has 22 heavy (non-hydrogen) atoms. The number of fused-ring (bicyclic) bond motifs is 2. The maximum absolute atomic E-state index is 12.7. The van der Waals surface area contributed by atoms with Crippen molar-refractivity contribution in [3.8, 4) is 0 Å². The summed E-state index contributed by atoms with van der Waals surface area (Å²) >= 11 is 0. The van der Waals surface area contributed by atoms with Gasteiger partial charge in [-0.05, 0) is 32.1 Å². The van der Waals surface area contributed by atoms with Crippen molar-refractivity contribution in [1.82, 2.24) is 0 Å². The van der Waals surface area contributed by atoms with Crippen LogP contribution in [-0.4, -0.2) is 40.3 Å². The largest absolute Gasteiger partial charge is 0.461 e. The van der Waals surface area contributed by atoms with E-state index < -0.39 is 36.1 Å². The minimum Gasteiger partial charge on any atom is -0.461 e. The summed E-state index contributed by atoms with van der Waals surface area (Å²) in [4.78, 5) is 25.0. The Morgan fingerprint density at radius 3 is 2.27 bits per heavy atom. The summed E-state index contributed by atoms with van der Waals surface area (Å²) in [5.74, 6) is -2.12. The Balaban J connectivity index is 2.36. The Kier molecular flexibility index (Phi) is 5.28. The molecule has 0 aromatic carbocycles. The molecule has 5 nitrogen and oxygen atoms in total. The van der Waals surface area contributed by atoms with E-state index in [2.05, 4.69) is 0 Å². The molecule has 5 unspecified atom stereocenters. The highest BCUT2D eigenvalue weighted by molar-refractivity contribution is 5.84. The predicted octanol–water partition coefficient (Wildman–Crippen LogP) is 1.55. The average Bonchev–Trinajstić information content (AvgIpc) is 2.51. The number of carbonyl (C=O) groups excluding carboxylic acids is 2. The molecule has 1 saturated carbocycles. The van der Waals surface area contributed by atoms with Gasteiger partial charge in [0.25, 0.3) is 0 Å². The molecule has 1 heterocycles. The Bertz CT molecular complexity index is 435. The summed E-state index contributed by atoms with van der Waals surface area (Å²) in [7, 11) is 0. The van der Waals surface area contributed by atoms with Gasteiger partial charge in [0.1, 0.15) is 11.9 Å². The number of aliphatic hydroxyl groups is 2. The van der Waals surface area contributed by atoms with Crippen molar-refractivity contribution in [1.29, 1.82) is 0 Å². The molecule has 2 aliphatic rings. The van der Waals surface area contributed by atoms with E-state index in [1.807, 2.05) is 20.8 Å². The normalized spacial score (nSPS) is 47.0. The Morgan fingerprint density at radius 2 is 1.68 bits per heavy atom. The van der Waals surface area contributed by atoms with E-state index in [4.69, 9.17) is 4.74 Å². The molecule has 0 aromatic rings. The van der Waals surface area contributed by atoms with E-state index in [0.29, 0.717) is 19.3 Å². The first kappa shape index (κ1) is 17.4. The third-order valence-electron chi connectivity index (χ3n) is 5.64. The third-order valence-corrected chi connectivity index (χ3v) is 5.64. The van der Waals surface area contributed by atoms with Crippen molar-refractivity contribution in [2.45, 2.75) is 65.3 Å². The molecule has 0 radical (unpaired) electrons. The van der Waals surface area contributed by atoms with Crippen molar-refractivity contribution in [2.75, 3.05) is 0 Å². The van der Waals surface area contributed by atoms with Gasteiger partial charge >= 0.3 is 5.97 Å². The molecule has 0 amide bonds. The zero-order valence-corrected chi connectivity index (χ0v) is 13.9. The molecule has 8 atom stereocenters. The van der Waals surface area contributed by atoms with E-state index in [-0.39, 0.29) is 23.5 Å². The van der Waals surface area contributed by atoms with Gasteiger partial charge in [0.2, 0.25) is 0 Å². The summed E-state index contributed by atoms with van der Waals surface area (Å²) in [6.07, 6.45) is -0.447. The minimum absolute atomic E-state index is 0.0581. The van der Waals surface area contributed by atoms with Crippen LogP contribution in [0.3, 0.4) is 0 Å². The summed E-state index contributed by atoms with van der Waals surface area (Å²) in [6.45, 7) is 7.25. The van der Waals surface area contributed by atoms with Crippen LogP contribution in [0, 0.1) is 29.6 Å². The monoisotopic (exact) mass is 312 g/mol. The number of ketones is 1. The van der Waals surface area contributed by atoms with Crippen LogP contribution >= 0.6 is 0 Å². The third kappa shape index (κ3) is 3.06. The molecule has 2 bridgehead atoms. The Morgan fingerprint density at radius 1 is 1.05 bits per heavy atom. The summed E-state index contributed by atoms with van der Waals surface area (Å²) in [5.41, 5.74) is 0. The average molecular weight is 312 g/mol. The van der Waals surface area contributed by atoms with Gasteiger partial charge in [0.15, 0.2) is 0 Å². The van der Waals surface area contributed by atoms with E-state index in [1.165, 1.54) is 0 Å². The quantitative estimate of drug-likeness (QED) is 0.718. The molecule has 2 N–H and O–H groups in total. The van der Waals surface area contributed by atoms with Crippen LogP contribution in [0.2, 0.25) is 0 Å². The second-order valence-corrected chi connectivity index (χ2v) is 7.15. The number of hydrogen-bond acceptors (Lipinski definition) is 5. The zero-order valence-electron chi connectivity index (χ0n) is 13.9. The first-order valence-electron chi connectivity index (χ1n) is 8.38. The summed E-state index contributed by atoms with van der Waals surface area (Å²) in [6, 6.07) is 0. The van der Waals surface area contributed by atoms with Gasteiger partial charge in [-0.2, -0.15) is 0 Å². The van der Waals surface area contributed by atoms with Crippen LogP contribution in [0.1, 0.15) is 47.0 Å². The maximum atomic E-state index is 12.7. The van der Waals surface area contributed by atoms with E-state index in [1.54, 1.807) is 6.92 Å². The SMILES string of the molecule is CCC1OC(=O)C(C)[C@@H](O)C2CC(C[C@H](C)[C@@H]2O)C(=O)C1C.